The number of halogens is 1. The number of hydrogen-bond donors (Lipinski definition) is 1. The maximum Gasteiger partial charge on any atom is 0.234 e. The lowest BCUT2D eigenvalue weighted by Crippen LogP contribution is -2.15. The van der Waals surface area contributed by atoms with Crippen molar-refractivity contribution in [2.75, 3.05) is 11.1 Å². The first-order valence-corrected chi connectivity index (χ1v) is 9.65. The number of nitrogens with one attached hydrogen (secondary N) is 1. The molecule has 0 radical (unpaired) electrons. The molecule has 3 rings (SSSR count). The van der Waals surface area contributed by atoms with E-state index in [4.69, 9.17) is 0 Å². The fourth-order valence-electron chi connectivity index (χ4n) is 2.15. The minimum atomic E-state index is -0.457. The van der Waals surface area contributed by atoms with Crippen molar-refractivity contribution in [2.24, 2.45) is 0 Å². The molecule has 0 fully saturated rings. The SMILES string of the molecule is Cc1cccc(Sc2nccnc2SCC(=O)Nc2ccccc2F)c1. The summed E-state index contributed by atoms with van der Waals surface area (Å²) in [6.45, 7) is 2.03. The molecule has 0 aliphatic carbocycles. The Labute approximate surface area is 159 Å². The van der Waals surface area contributed by atoms with E-state index >= 15 is 0 Å². The quantitative estimate of drug-likeness (QED) is 0.618. The first kappa shape index (κ1) is 18.4. The van der Waals surface area contributed by atoms with Gasteiger partial charge in [0.05, 0.1) is 11.4 Å². The number of aryl methyl sites for hydroxylation is 1. The van der Waals surface area contributed by atoms with Gasteiger partial charge in [0, 0.05) is 17.3 Å². The highest BCUT2D eigenvalue weighted by atomic mass is 32.2. The number of benzene rings is 2. The Balaban J connectivity index is 1.65. The van der Waals surface area contributed by atoms with Gasteiger partial charge in [0.25, 0.3) is 0 Å². The van der Waals surface area contributed by atoms with Crippen molar-refractivity contribution in [1.82, 2.24) is 9.97 Å². The van der Waals surface area contributed by atoms with E-state index in [-0.39, 0.29) is 17.3 Å². The molecular formula is C19H16FN3OS2. The molecule has 1 amide bonds. The topological polar surface area (TPSA) is 54.9 Å². The van der Waals surface area contributed by atoms with Gasteiger partial charge in [-0.2, -0.15) is 0 Å². The van der Waals surface area contributed by atoms with Gasteiger partial charge in [-0.25, -0.2) is 14.4 Å². The molecule has 7 heteroatoms. The molecule has 3 aromatic rings. The van der Waals surface area contributed by atoms with Crippen LogP contribution in [0.4, 0.5) is 10.1 Å². The number of anilines is 1. The fourth-order valence-corrected chi connectivity index (χ4v) is 3.98. The van der Waals surface area contributed by atoms with Crippen LogP contribution in [0.5, 0.6) is 0 Å². The zero-order valence-electron chi connectivity index (χ0n) is 14.0. The summed E-state index contributed by atoms with van der Waals surface area (Å²) in [5, 5.41) is 3.97. The lowest BCUT2D eigenvalue weighted by Gasteiger charge is -2.08. The third-order valence-corrected chi connectivity index (χ3v) is 5.41. The Morgan fingerprint density at radius 3 is 2.62 bits per heavy atom. The van der Waals surface area contributed by atoms with Crippen LogP contribution in [0.25, 0.3) is 0 Å². The molecule has 1 heterocycles. The lowest BCUT2D eigenvalue weighted by molar-refractivity contribution is -0.113. The van der Waals surface area contributed by atoms with E-state index in [1.54, 1.807) is 24.5 Å². The van der Waals surface area contributed by atoms with Gasteiger partial charge in [-0.05, 0) is 31.2 Å². The van der Waals surface area contributed by atoms with Crippen LogP contribution in [0.2, 0.25) is 0 Å². The molecule has 0 saturated heterocycles. The largest absolute Gasteiger partial charge is 0.323 e. The van der Waals surface area contributed by atoms with Gasteiger partial charge >= 0.3 is 0 Å². The fraction of sp³-hybridized carbons (Fsp3) is 0.105. The van der Waals surface area contributed by atoms with Crippen LogP contribution >= 0.6 is 23.5 Å². The summed E-state index contributed by atoms with van der Waals surface area (Å²) in [6.07, 6.45) is 3.22. The van der Waals surface area contributed by atoms with Gasteiger partial charge in [-0.1, -0.05) is 53.4 Å². The number of aromatic nitrogens is 2. The van der Waals surface area contributed by atoms with Crippen molar-refractivity contribution in [1.29, 1.82) is 0 Å². The summed E-state index contributed by atoms with van der Waals surface area (Å²) in [4.78, 5) is 21.8. The van der Waals surface area contributed by atoms with E-state index in [1.807, 2.05) is 25.1 Å². The monoisotopic (exact) mass is 385 g/mol. The highest BCUT2D eigenvalue weighted by Gasteiger charge is 2.12. The van der Waals surface area contributed by atoms with E-state index < -0.39 is 5.82 Å². The average molecular weight is 385 g/mol. The van der Waals surface area contributed by atoms with E-state index in [0.717, 1.165) is 15.5 Å². The number of carbonyl (C=O) groups is 1. The van der Waals surface area contributed by atoms with Crippen molar-refractivity contribution in [2.45, 2.75) is 21.9 Å². The van der Waals surface area contributed by atoms with Gasteiger partial charge in [0.1, 0.15) is 15.9 Å². The highest BCUT2D eigenvalue weighted by molar-refractivity contribution is 8.02. The molecular weight excluding hydrogens is 369 g/mol. The summed E-state index contributed by atoms with van der Waals surface area (Å²) in [7, 11) is 0. The van der Waals surface area contributed by atoms with E-state index in [9.17, 15) is 9.18 Å². The molecule has 132 valence electrons. The standard InChI is InChI=1S/C19H16FN3OS2/c1-13-5-4-6-14(11-13)26-19-18(21-9-10-22-19)25-12-17(24)23-16-8-3-2-7-15(16)20/h2-11H,12H2,1H3,(H,23,24). The summed E-state index contributed by atoms with van der Waals surface area (Å²) in [5.41, 5.74) is 1.34. The second kappa shape index (κ2) is 8.82. The van der Waals surface area contributed by atoms with Gasteiger partial charge in [0.2, 0.25) is 5.91 Å². The summed E-state index contributed by atoms with van der Waals surface area (Å²) >= 11 is 2.78. The molecule has 0 bridgehead atoms. The van der Waals surface area contributed by atoms with E-state index in [1.165, 1.54) is 35.7 Å². The molecule has 0 unspecified atom stereocenters. The number of carbonyl (C=O) groups excluding carboxylic acids is 1. The highest BCUT2D eigenvalue weighted by Crippen LogP contribution is 2.32. The van der Waals surface area contributed by atoms with Crippen LogP contribution in [-0.2, 0) is 4.79 Å². The summed E-state index contributed by atoms with van der Waals surface area (Å²) < 4.78 is 13.6. The Morgan fingerprint density at radius 1 is 1.08 bits per heavy atom. The molecule has 0 aliphatic rings. The van der Waals surface area contributed by atoms with Gasteiger partial charge < -0.3 is 5.32 Å². The van der Waals surface area contributed by atoms with Crippen LogP contribution in [0, 0.1) is 12.7 Å². The summed E-state index contributed by atoms with van der Waals surface area (Å²) in [5.74, 6) is -0.632. The van der Waals surface area contributed by atoms with Gasteiger partial charge in [-0.3, -0.25) is 4.79 Å². The minimum absolute atomic E-state index is 0.119. The van der Waals surface area contributed by atoms with Crippen LogP contribution in [0.3, 0.4) is 0 Å². The van der Waals surface area contributed by atoms with Gasteiger partial charge in [-0.15, -0.1) is 0 Å². The van der Waals surface area contributed by atoms with Crippen molar-refractivity contribution in [3.63, 3.8) is 0 Å². The predicted molar refractivity (Wildman–Crippen MR) is 103 cm³/mol. The molecule has 4 nitrogen and oxygen atoms in total. The number of thioether (sulfide) groups is 1. The third kappa shape index (κ3) is 5.06. The van der Waals surface area contributed by atoms with Crippen LogP contribution in [-0.4, -0.2) is 21.6 Å². The Hall–Kier alpha value is -2.38. The summed E-state index contributed by atoms with van der Waals surface area (Å²) in [6, 6.07) is 14.2. The molecule has 1 N–H and O–H groups in total. The van der Waals surface area contributed by atoms with Crippen LogP contribution in [0.1, 0.15) is 5.56 Å². The smallest absolute Gasteiger partial charge is 0.234 e. The number of amides is 1. The van der Waals surface area contributed by atoms with Crippen LogP contribution < -0.4 is 5.32 Å². The number of nitrogens with zero attached hydrogens (tertiary/aromatic N) is 2. The molecule has 0 aliphatic heterocycles. The number of para-hydroxylation sites is 1. The van der Waals surface area contributed by atoms with E-state index in [0.29, 0.717) is 5.03 Å². The number of rotatable bonds is 6. The first-order valence-electron chi connectivity index (χ1n) is 7.84. The molecule has 0 spiro atoms. The maximum atomic E-state index is 13.6. The maximum absolute atomic E-state index is 13.6. The third-order valence-electron chi connectivity index (χ3n) is 3.33. The average Bonchev–Trinajstić information content (AvgIpc) is 2.63. The second-order valence-corrected chi connectivity index (χ2v) is 7.43. The Kier molecular flexibility index (Phi) is 6.25. The van der Waals surface area contributed by atoms with E-state index in [2.05, 4.69) is 21.4 Å². The predicted octanol–water partition coefficient (Wildman–Crippen LogP) is 4.81. The minimum Gasteiger partial charge on any atom is -0.323 e. The Bertz CT molecular complexity index is 921. The van der Waals surface area contributed by atoms with Crippen molar-refractivity contribution >= 4 is 35.1 Å². The van der Waals surface area contributed by atoms with Gasteiger partial charge in [0.15, 0.2) is 0 Å². The number of hydrogen-bond acceptors (Lipinski definition) is 5. The Morgan fingerprint density at radius 2 is 1.85 bits per heavy atom. The molecule has 0 saturated carbocycles. The molecule has 1 aromatic heterocycles. The van der Waals surface area contributed by atoms with Crippen molar-refractivity contribution < 1.29 is 9.18 Å². The van der Waals surface area contributed by atoms with Crippen LogP contribution in [0.15, 0.2) is 75.9 Å². The van der Waals surface area contributed by atoms with Crippen molar-refractivity contribution in [3.05, 3.63) is 72.3 Å². The lowest BCUT2D eigenvalue weighted by atomic mass is 10.2. The second-order valence-electron chi connectivity index (χ2n) is 5.40. The molecule has 26 heavy (non-hydrogen) atoms. The normalized spacial score (nSPS) is 10.5. The molecule has 2 aromatic carbocycles. The first-order chi connectivity index (χ1) is 12.6. The molecule has 0 atom stereocenters. The zero-order valence-corrected chi connectivity index (χ0v) is 15.6. The van der Waals surface area contributed by atoms with Crippen molar-refractivity contribution in [3.8, 4) is 0 Å². The zero-order chi connectivity index (χ0) is 18.4.